The molecule has 4 rings (SSSR count). The van der Waals surface area contributed by atoms with E-state index in [2.05, 4.69) is 5.16 Å². The third kappa shape index (κ3) is 5.35. The summed E-state index contributed by atoms with van der Waals surface area (Å²) in [6, 6.07) is 6.05. The van der Waals surface area contributed by atoms with Gasteiger partial charge in [-0.1, -0.05) is 45.0 Å². The second-order valence-corrected chi connectivity index (χ2v) is 11.6. The van der Waals surface area contributed by atoms with Crippen molar-refractivity contribution in [2.75, 3.05) is 19.4 Å². The monoisotopic (exact) mass is 582 g/mol. The van der Waals surface area contributed by atoms with E-state index < -0.39 is 49.6 Å². The van der Waals surface area contributed by atoms with E-state index in [1.807, 2.05) is 0 Å². The van der Waals surface area contributed by atoms with Crippen molar-refractivity contribution < 1.29 is 40.4 Å². The highest BCUT2D eigenvalue weighted by atomic mass is 35.5. The van der Waals surface area contributed by atoms with E-state index in [9.17, 15) is 30.8 Å². The summed E-state index contributed by atoms with van der Waals surface area (Å²) in [4.78, 5) is 22.9. The molecule has 2 aromatic rings. The van der Waals surface area contributed by atoms with Crippen LogP contribution in [0.15, 0.2) is 35.5 Å². The average Bonchev–Trinajstić information content (AvgIpc) is 3.45. The molecule has 0 aromatic heterocycles. The first kappa shape index (κ1) is 27.8. The van der Waals surface area contributed by atoms with Crippen LogP contribution in [0, 0.1) is 18.7 Å². The number of Topliss-reactive ketones (excluding diaryl/α,β-unsaturated/α-hetero) is 1. The molecule has 0 N–H and O–H groups in total. The quantitative estimate of drug-likeness (QED) is 0.258. The molecular weight excluding hydrogens is 563 g/mol. The summed E-state index contributed by atoms with van der Waals surface area (Å²) in [5.74, 6) is -1.65. The van der Waals surface area contributed by atoms with Gasteiger partial charge in [0.25, 0.3) is 5.60 Å². The molecule has 0 unspecified atom stereocenters. The van der Waals surface area contributed by atoms with Crippen molar-refractivity contribution in [3.05, 3.63) is 68.4 Å². The minimum Gasteiger partial charge on any atom is -0.374 e. The number of carbonyl (C=O) groups excluding carboxylic acids is 1. The van der Waals surface area contributed by atoms with Crippen molar-refractivity contribution in [3.63, 3.8) is 0 Å². The van der Waals surface area contributed by atoms with Gasteiger partial charge >= 0.3 is 6.18 Å². The largest absolute Gasteiger partial charge is 0.435 e. The molecule has 1 fully saturated rings. The molecule has 2 aliphatic rings. The lowest BCUT2D eigenvalue weighted by Gasteiger charge is -2.29. The number of hydrogen-bond acceptors (Lipinski definition) is 6. The number of ketones is 1. The molecule has 2 atom stereocenters. The van der Waals surface area contributed by atoms with Crippen molar-refractivity contribution in [2.45, 2.75) is 31.5 Å². The Bertz CT molecular complexity index is 1380. The number of aryl methyl sites for hydroxylation is 1. The third-order valence-electron chi connectivity index (χ3n) is 6.20. The summed E-state index contributed by atoms with van der Waals surface area (Å²) in [5, 5.41) is 2.49. The molecular formula is C23H20Cl2F4N2O5S. The average molecular weight is 583 g/mol. The van der Waals surface area contributed by atoms with Gasteiger partial charge in [0, 0.05) is 36.4 Å². The first-order valence-electron chi connectivity index (χ1n) is 10.8. The Morgan fingerprint density at radius 2 is 1.86 bits per heavy atom. The van der Waals surface area contributed by atoms with Gasteiger partial charge in [0.2, 0.25) is 10.0 Å². The first-order chi connectivity index (χ1) is 17.1. The molecule has 0 saturated carbocycles. The van der Waals surface area contributed by atoms with Crippen LogP contribution in [0.3, 0.4) is 0 Å². The summed E-state index contributed by atoms with van der Waals surface area (Å²) < 4.78 is 80.5. The zero-order valence-electron chi connectivity index (χ0n) is 19.4. The Morgan fingerprint density at radius 1 is 1.22 bits per heavy atom. The molecule has 2 aliphatic heterocycles. The fourth-order valence-corrected chi connectivity index (χ4v) is 5.46. The maximum Gasteiger partial charge on any atom is 0.435 e. The van der Waals surface area contributed by atoms with Crippen LogP contribution in [-0.4, -0.2) is 50.0 Å². The van der Waals surface area contributed by atoms with E-state index >= 15 is 0 Å². The SMILES string of the molecule is Cc1cc(C2=NO[C@@](c3cc(Cl)c(F)c(Cl)c3)(C(F)(F)F)C2)ccc1C(=O)C[C@H]1CON(S(C)(=O)=O)C1. The maximum atomic E-state index is 14.2. The van der Waals surface area contributed by atoms with Crippen LogP contribution in [0.5, 0.6) is 0 Å². The molecule has 1 saturated heterocycles. The minimum absolute atomic E-state index is 0.0273. The number of oxime groups is 1. The van der Waals surface area contributed by atoms with Gasteiger partial charge in [-0.05, 0) is 36.2 Å². The second-order valence-electron chi connectivity index (χ2n) is 8.95. The van der Waals surface area contributed by atoms with Crippen molar-refractivity contribution in [2.24, 2.45) is 11.1 Å². The summed E-state index contributed by atoms with van der Waals surface area (Å²) in [5.41, 5.74) is -2.35. The highest BCUT2D eigenvalue weighted by Gasteiger charge is 2.62. The Kier molecular flexibility index (Phi) is 7.36. The number of halogens is 6. The molecule has 0 spiro atoms. The minimum atomic E-state index is -4.95. The Hall–Kier alpha value is -2.25. The van der Waals surface area contributed by atoms with Gasteiger partial charge in [-0.15, -0.1) is 0 Å². The van der Waals surface area contributed by atoms with E-state index in [1.165, 1.54) is 18.2 Å². The number of carbonyl (C=O) groups is 1. The zero-order chi connectivity index (χ0) is 27.3. The zero-order valence-corrected chi connectivity index (χ0v) is 21.7. The lowest BCUT2D eigenvalue weighted by atomic mass is 9.86. The topological polar surface area (TPSA) is 85.3 Å². The second kappa shape index (κ2) is 9.81. The molecule has 200 valence electrons. The van der Waals surface area contributed by atoms with Gasteiger partial charge in [0.1, 0.15) is 0 Å². The molecule has 2 heterocycles. The number of alkyl halides is 3. The van der Waals surface area contributed by atoms with Gasteiger partial charge in [0.15, 0.2) is 11.6 Å². The Morgan fingerprint density at radius 3 is 2.41 bits per heavy atom. The van der Waals surface area contributed by atoms with Crippen LogP contribution < -0.4 is 0 Å². The van der Waals surface area contributed by atoms with Crippen LogP contribution in [0.4, 0.5) is 17.6 Å². The van der Waals surface area contributed by atoms with Crippen molar-refractivity contribution in [3.8, 4) is 0 Å². The van der Waals surface area contributed by atoms with Crippen LogP contribution in [-0.2, 0) is 25.3 Å². The molecule has 2 aromatic carbocycles. The Balaban J connectivity index is 1.54. The molecule has 7 nitrogen and oxygen atoms in total. The van der Waals surface area contributed by atoms with Crippen LogP contribution in [0.2, 0.25) is 10.0 Å². The highest BCUT2D eigenvalue weighted by Crippen LogP contribution is 2.50. The number of hydroxylamine groups is 1. The number of benzene rings is 2. The van der Waals surface area contributed by atoms with E-state index in [0.717, 1.165) is 22.9 Å². The number of hydrogen-bond donors (Lipinski definition) is 0. The number of nitrogens with zero attached hydrogens (tertiary/aromatic N) is 2. The molecule has 0 radical (unpaired) electrons. The third-order valence-corrected chi connectivity index (χ3v) is 7.75. The standard InChI is InChI=1S/C23H20Cl2F4N2O5S/c1-12-5-14(3-4-16(12)20(32)6-13-10-31(35-11-13)37(2,33)34)19-9-22(36-30-19,23(27,28)29)15-7-17(24)21(26)18(25)8-15/h3-5,7-8,13H,6,9-11H2,1-2H3/t13-,22+/m1/s1. The van der Waals surface area contributed by atoms with E-state index in [1.54, 1.807) is 6.92 Å². The van der Waals surface area contributed by atoms with Crippen LogP contribution >= 0.6 is 23.2 Å². The fraction of sp³-hybridized carbons (Fsp3) is 0.391. The predicted molar refractivity (Wildman–Crippen MR) is 128 cm³/mol. The number of sulfonamides is 1. The molecule has 0 bridgehead atoms. The summed E-state index contributed by atoms with van der Waals surface area (Å²) in [6.07, 6.45) is -4.65. The van der Waals surface area contributed by atoms with Gasteiger partial charge < -0.3 is 4.84 Å². The van der Waals surface area contributed by atoms with Crippen LogP contribution in [0.1, 0.15) is 39.9 Å². The molecule has 37 heavy (non-hydrogen) atoms. The molecule has 0 aliphatic carbocycles. The van der Waals surface area contributed by atoms with Gasteiger partial charge in [-0.25, -0.2) is 12.8 Å². The normalized spacial score (nSPS) is 22.7. The highest BCUT2D eigenvalue weighted by molar-refractivity contribution is 7.88. The fourth-order valence-electron chi connectivity index (χ4n) is 4.23. The van der Waals surface area contributed by atoms with Crippen molar-refractivity contribution in [1.82, 2.24) is 4.47 Å². The predicted octanol–water partition coefficient (Wildman–Crippen LogP) is 5.42. The van der Waals surface area contributed by atoms with Crippen LogP contribution in [0.25, 0.3) is 0 Å². The Labute approximate surface area is 219 Å². The smallest absolute Gasteiger partial charge is 0.374 e. The van der Waals surface area contributed by atoms with E-state index in [4.69, 9.17) is 32.9 Å². The molecule has 14 heteroatoms. The first-order valence-corrected chi connectivity index (χ1v) is 13.4. The van der Waals surface area contributed by atoms with Gasteiger partial charge in [0.05, 0.1) is 28.6 Å². The maximum absolute atomic E-state index is 14.2. The lowest BCUT2D eigenvalue weighted by Crippen LogP contribution is -2.42. The van der Waals surface area contributed by atoms with E-state index in [-0.39, 0.29) is 37.0 Å². The summed E-state index contributed by atoms with van der Waals surface area (Å²) >= 11 is 11.5. The number of rotatable bonds is 6. The van der Waals surface area contributed by atoms with Crippen molar-refractivity contribution >= 4 is 44.7 Å². The lowest BCUT2D eigenvalue weighted by molar-refractivity contribution is -0.275. The van der Waals surface area contributed by atoms with Gasteiger partial charge in [-0.3, -0.25) is 9.63 Å². The summed E-state index contributed by atoms with van der Waals surface area (Å²) in [7, 11) is -3.54. The van der Waals surface area contributed by atoms with Gasteiger partial charge in [-0.2, -0.15) is 13.2 Å². The summed E-state index contributed by atoms with van der Waals surface area (Å²) in [6.45, 7) is 1.74. The molecule has 0 amide bonds. The van der Waals surface area contributed by atoms with E-state index in [0.29, 0.717) is 16.7 Å². The van der Waals surface area contributed by atoms with Crippen molar-refractivity contribution in [1.29, 1.82) is 0 Å².